The Hall–Kier alpha value is -1.88. The van der Waals surface area contributed by atoms with Crippen molar-refractivity contribution in [2.24, 2.45) is 0 Å². The highest BCUT2D eigenvalue weighted by molar-refractivity contribution is 6.22. The molecule has 0 aromatic carbocycles. The number of ketones is 1. The average molecular weight is 335 g/mol. The van der Waals surface area contributed by atoms with Crippen LogP contribution in [0, 0.1) is 0 Å². The van der Waals surface area contributed by atoms with Crippen molar-refractivity contribution in [2.75, 3.05) is 20.7 Å². The van der Waals surface area contributed by atoms with E-state index < -0.39 is 11.6 Å². The zero-order valence-electron chi connectivity index (χ0n) is 15.6. The van der Waals surface area contributed by atoms with Crippen LogP contribution in [0.4, 0.5) is 0 Å². The Labute approximate surface area is 145 Å². The maximum atomic E-state index is 12.8. The molecule has 0 aliphatic carbocycles. The topological polar surface area (TPSA) is 55.8 Å². The zero-order chi connectivity index (χ0) is 18.3. The van der Waals surface area contributed by atoms with Crippen molar-refractivity contribution in [1.29, 1.82) is 0 Å². The second-order valence-corrected chi connectivity index (χ2v) is 6.27. The van der Waals surface area contributed by atoms with Gasteiger partial charge in [-0.1, -0.05) is 25.2 Å². The number of allylic oxidation sites excluding steroid dienone is 3. The molecular weight excluding hydrogens is 306 g/mol. The Morgan fingerprint density at radius 2 is 2.00 bits per heavy atom. The molecule has 0 spiro atoms. The lowest BCUT2D eigenvalue weighted by Crippen LogP contribution is -2.33. The van der Waals surface area contributed by atoms with Gasteiger partial charge in [-0.3, -0.25) is 4.79 Å². The summed E-state index contributed by atoms with van der Waals surface area (Å²) in [5, 5.41) is 0. The van der Waals surface area contributed by atoms with Crippen LogP contribution in [0.15, 0.2) is 35.6 Å². The highest BCUT2D eigenvalue weighted by Crippen LogP contribution is 2.35. The van der Waals surface area contributed by atoms with Gasteiger partial charge < -0.3 is 14.4 Å². The van der Waals surface area contributed by atoms with Gasteiger partial charge in [-0.15, -0.1) is 0 Å². The van der Waals surface area contributed by atoms with Crippen molar-refractivity contribution in [3.05, 3.63) is 35.6 Å². The van der Waals surface area contributed by atoms with Crippen molar-refractivity contribution in [1.82, 2.24) is 4.90 Å². The number of carbonyl (C=O) groups excluding carboxylic acids is 2. The van der Waals surface area contributed by atoms with Crippen LogP contribution in [-0.4, -0.2) is 49.0 Å². The molecule has 0 bridgehead atoms. The summed E-state index contributed by atoms with van der Waals surface area (Å²) >= 11 is 0. The molecule has 24 heavy (non-hydrogen) atoms. The van der Waals surface area contributed by atoms with E-state index in [0.717, 1.165) is 6.42 Å². The van der Waals surface area contributed by atoms with E-state index in [1.54, 1.807) is 26.0 Å². The molecule has 0 aromatic heterocycles. The van der Waals surface area contributed by atoms with Crippen molar-refractivity contribution in [3.8, 4) is 0 Å². The highest BCUT2D eigenvalue weighted by Gasteiger charge is 2.47. The maximum absolute atomic E-state index is 12.8. The van der Waals surface area contributed by atoms with Crippen LogP contribution < -0.4 is 0 Å². The van der Waals surface area contributed by atoms with E-state index in [-0.39, 0.29) is 24.0 Å². The molecule has 134 valence electrons. The number of Topliss-reactive ketones (excluding diaryl/α,β-unsaturated/α-hetero) is 1. The van der Waals surface area contributed by atoms with E-state index in [0.29, 0.717) is 12.2 Å². The van der Waals surface area contributed by atoms with Crippen molar-refractivity contribution in [2.45, 2.75) is 52.2 Å². The summed E-state index contributed by atoms with van der Waals surface area (Å²) in [4.78, 5) is 27.1. The molecule has 5 nitrogen and oxygen atoms in total. The minimum Gasteiger partial charge on any atom is -0.478 e. The molecule has 0 N–H and O–H groups in total. The summed E-state index contributed by atoms with van der Waals surface area (Å²) in [6.07, 6.45) is 8.70. The van der Waals surface area contributed by atoms with Gasteiger partial charge in [0.1, 0.15) is 11.3 Å². The molecular formula is C19H29NO4. The van der Waals surface area contributed by atoms with Crippen molar-refractivity contribution >= 4 is 11.8 Å². The predicted molar refractivity (Wildman–Crippen MR) is 94.5 cm³/mol. The molecule has 0 aromatic rings. The van der Waals surface area contributed by atoms with Crippen LogP contribution in [-0.2, 0) is 19.1 Å². The standard InChI is InChI=1S/C19H29NO4/c1-7-9-10-11-12-19(4)17(21)16(18(22)23-8-2)15(24-19)13-14(3)20(5)6/h9-12,14H,7-8,13H2,1-6H3/b10-9+,12-11+. The van der Waals surface area contributed by atoms with E-state index >= 15 is 0 Å². The highest BCUT2D eigenvalue weighted by atomic mass is 16.5. The third-order valence-corrected chi connectivity index (χ3v) is 4.03. The van der Waals surface area contributed by atoms with E-state index in [9.17, 15) is 9.59 Å². The van der Waals surface area contributed by atoms with Crippen LogP contribution in [0.25, 0.3) is 0 Å². The minimum absolute atomic E-state index is 0.0390. The van der Waals surface area contributed by atoms with Gasteiger partial charge in [0.2, 0.25) is 5.78 Å². The summed E-state index contributed by atoms with van der Waals surface area (Å²) in [5.74, 6) is -0.543. The average Bonchev–Trinajstić information content (AvgIpc) is 2.75. The lowest BCUT2D eigenvalue weighted by molar-refractivity contribution is -0.140. The summed E-state index contributed by atoms with van der Waals surface area (Å²) in [6, 6.07) is 0.128. The van der Waals surface area contributed by atoms with Crippen LogP contribution in [0.2, 0.25) is 0 Å². The van der Waals surface area contributed by atoms with E-state index in [1.165, 1.54) is 0 Å². The number of nitrogens with zero attached hydrogens (tertiary/aromatic N) is 1. The van der Waals surface area contributed by atoms with Crippen LogP contribution in [0.5, 0.6) is 0 Å². The minimum atomic E-state index is -1.17. The van der Waals surface area contributed by atoms with Crippen LogP contribution in [0.1, 0.15) is 40.5 Å². The molecule has 1 aliphatic rings. The molecule has 0 fully saturated rings. The van der Waals surface area contributed by atoms with Gasteiger partial charge in [0.15, 0.2) is 5.60 Å². The molecule has 1 rings (SSSR count). The van der Waals surface area contributed by atoms with Crippen molar-refractivity contribution in [3.63, 3.8) is 0 Å². The van der Waals surface area contributed by atoms with E-state index in [4.69, 9.17) is 9.47 Å². The Morgan fingerprint density at radius 1 is 1.33 bits per heavy atom. The van der Waals surface area contributed by atoms with Gasteiger partial charge in [-0.2, -0.15) is 0 Å². The smallest absolute Gasteiger partial charge is 0.345 e. The number of esters is 1. The summed E-state index contributed by atoms with van der Waals surface area (Å²) < 4.78 is 11.0. The number of ether oxygens (including phenoxy) is 2. The van der Waals surface area contributed by atoms with Gasteiger partial charge in [0, 0.05) is 12.5 Å². The lowest BCUT2D eigenvalue weighted by Gasteiger charge is -2.23. The molecule has 1 aliphatic heterocycles. The Bertz CT molecular complexity index is 560. The second kappa shape index (κ2) is 8.83. The largest absolute Gasteiger partial charge is 0.478 e. The second-order valence-electron chi connectivity index (χ2n) is 6.27. The van der Waals surface area contributed by atoms with Gasteiger partial charge in [-0.05, 0) is 47.4 Å². The molecule has 2 unspecified atom stereocenters. The quantitative estimate of drug-likeness (QED) is 0.388. The fraction of sp³-hybridized carbons (Fsp3) is 0.579. The number of carbonyl (C=O) groups is 2. The number of hydrogen-bond acceptors (Lipinski definition) is 5. The fourth-order valence-corrected chi connectivity index (χ4v) is 2.30. The fourth-order valence-electron chi connectivity index (χ4n) is 2.30. The monoisotopic (exact) mass is 335 g/mol. The zero-order valence-corrected chi connectivity index (χ0v) is 15.6. The van der Waals surface area contributed by atoms with Crippen LogP contribution >= 0.6 is 0 Å². The number of hydrogen-bond donors (Lipinski definition) is 0. The molecule has 0 saturated heterocycles. The third kappa shape index (κ3) is 4.81. The van der Waals surface area contributed by atoms with E-state index in [1.807, 2.05) is 45.0 Å². The Morgan fingerprint density at radius 3 is 2.54 bits per heavy atom. The predicted octanol–water partition coefficient (Wildman–Crippen LogP) is 3.02. The van der Waals surface area contributed by atoms with Crippen molar-refractivity contribution < 1.29 is 19.1 Å². The maximum Gasteiger partial charge on any atom is 0.345 e. The summed E-state index contributed by atoms with van der Waals surface area (Å²) in [5.41, 5.74) is -1.13. The molecule has 0 radical (unpaired) electrons. The number of rotatable bonds is 8. The third-order valence-electron chi connectivity index (χ3n) is 4.03. The van der Waals surface area contributed by atoms with Crippen LogP contribution in [0.3, 0.4) is 0 Å². The van der Waals surface area contributed by atoms with Gasteiger partial charge in [-0.25, -0.2) is 4.79 Å². The Balaban J connectivity index is 3.12. The first-order valence-corrected chi connectivity index (χ1v) is 8.41. The lowest BCUT2D eigenvalue weighted by atomic mass is 9.95. The first-order valence-electron chi connectivity index (χ1n) is 8.41. The normalized spacial score (nSPS) is 22.7. The molecule has 0 saturated carbocycles. The van der Waals surface area contributed by atoms with E-state index in [2.05, 4.69) is 0 Å². The molecule has 5 heteroatoms. The summed E-state index contributed by atoms with van der Waals surface area (Å²) in [7, 11) is 3.89. The first-order chi connectivity index (χ1) is 11.3. The van der Waals surface area contributed by atoms with Gasteiger partial charge in [0.05, 0.1) is 6.61 Å². The van der Waals surface area contributed by atoms with Gasteiger partial charge in [0.25, 0.3) is 0 Å². The summed E-state index contributed by atoms with van der Waals surface area (Å²) in [6.45, 7) is 7.66. The van der Waals surface area contributed by atoms with Gasteiger partial charge >= 0.3 is 5.97 Å². The Kier molecular flexibility index (Phi) is 7.42. The molecule has 1 heterocycles. The SMILES string of the molecule is CC/C=C/C=C/C1(C)OC(CC(C)N(C)C)=C(C(=O)OCC)C1=O. The first kappa shape index (κ1) is 20.2. The molecule has 2 atom stereocenters. The molecule has 0 amide bonds.